The average molecular weight is 296 g/mol. The standard InChI is InChI=1S/C22H32/c1-5-17-8-10-18(11-9-17)16(2)20-13-12-19-7-6-14-22(3,4)21(19)15-20/h8-11,16,20H,5-7,12-15H2,1-4H3. The molecule has 2 unspecified atom stereocenters. The van der Waals surface area contributed by atoms with Gasteiger partial charge in [-0.2, -0.15) is 0 Å². The highest BCUT2D eigenvalue weighted by Gasteiger charge is 2.35. The third-order valence-electron chi connectivity index (χ3n) is 6.43. The molecule has 0 N–H and O–H groups in total. The molecule has 0 bridgehead atoms. The van der Waals surface area contributed by atoms with E-state index in [1.165, 1.54) is 44.1 Å². The van der Waals surface area contributed by atoms with Gasteiger partial charge in [0.25, 0.3) is 0 Å². The number of hydrogen-bond donors (Lipinski definition) is 0. The molecule has 0 aliphatic heterocycles. The first kappa shape index (κ1) is 15.8. The van der Waals surface area contributed by atoms with Gasteiger partial charge in [-0.05, 0) is 73.3 Å². The molecule has 0 aromatic heterocycles. The number of aryl methyl sites for hydroxylation is 1. The minimum Gasteiger partial charge on any atom is -0.0704 e. The van der Waals surface area contributed by atoms with Gasteiger partial charge in [0.1, 0.15) is 0 Å². The van der Waals surface area contributed by atoms with E-state index in [-0.39, 0.29) is 0 Å². The summed E-state index contributed by atoms with van der Waals surface area (Å²) in [6.45, 7) is 9.64. The largest absolute Gasteiger partial charge is 0.0704 e. The first-order chi connectivity index (χ1) is 10.5. The van der Waals surface area contributed by atoms with Gasteiger partial charge in [0.05, 0.1) is 0 Å². The molecule has 1 aromatic rings. The Kier molecular flexibility index (Phi) is 4.48. The maximum absolute atomic E-state index is 2.48. The Hall–Kier alpha value is -1.04. The Morgan fingerprint density at radius 3 is 2.55 bits per heavy atom. The van der Waals surface area contributed by atoms with E-state index >= 15 is 0 Å². The lowest BCUT2D eigenvalue weighted by Gasteiger charge is -2.42. The molecule has 3 rings (SSSR count). The molecule has 0 spiro atoms. The van der Waals surface area contributed by atoms with E-state index in [2.05, 4.69) is 52.0 Å². The molecular formula is C22H32. The van der Waals surface area contributed by atoms with Crippen molar-refractivity contribution in [3.63, 3.8) is 0 Å². The lowest BCUT2D eigenvalue weighted by atomic mass is 9.63. The van der Waals surface area contributed by atoms with Crippen molar-refractivity contribution in [3.05, 3.63) is 46.5 Å². The molecule has 0 nitrogen and oxygen atoms in total. The molecule has 0 heteroatoms. The van der Waals surface area contributed by atoms with Gasteiger partial charge < -0.3 is 0 Å². The van der Waals surface area contributed by atoms with E-state index in [0.717, 1.165) is 12.3 Å². The van der Waals surface area contributed by atoms with Crippen LogP contribution in [0.3, 0.4) is 0 Å². The molecule has 0 radical (unpaired) electrons. The van der Waals surface area contributed by atoms with Crippen molar-refractivity contribution < 1.29 is 0 Å². The summed E-state index contributed by atoms with van der Waals surface area (Å²) in [7, 11) is 0. The highest BCUT2D eigenvalue weighted by molar-refractivity contribution is 5.30. The first-order valence-electron chi connectivity index (χ1n) is 9.31. The third kappa shape index (κ3) is 3.03. The molecule has 0 saturated heterocycles. The van der Waals surface area contributed by atoms with Crippen molar-refractivity contribution in [2.24, 2.45) is 11.3 Å². The second-order valence-electron chi connectivity index (χ2n) is 8.21. The van der Waals surface area contributed by atoms with Gasteiger partial charge in [-0.15, -0.1) is 0 Å². The number of hydrogen-bond acceptors (Lipinski definition) is 0. The average Bonchev–Trinajstić information content (AvgIpc) is 2.54. The van der Waals surface area contributed by atoms with E-state index in [9.17, 15) is 0 Å². The topological polar surface area (TPSA) is 0 Å². The van der Waals surface area contributed by atoms with Gasteiger partial charge in [-0.1, -0.05) is 63.1 Å². The molecular weight excluding hydrogens is 264 g/mol. The molecule has 22 heavy (non-hydrogen) atoms. The number of benzene rings is 1. The summed E-state index contributed by atoms with van der Waals surface area (Å²) in [4.78, 5) is 0. The SMILES string of the molecule is CCc1ccc(C(C)C2CCC3=C(C2)C(C)(C)CCC3)cc1. The lowest BCUT2D eigenvalue weighted by Crippen LogP contribution is -2.27. The Morgan fingerprint density at radius 1 is 1.14 bits per heavy atom. The van der Waals surface area contributed by atoms with E-state index in [0.29, 0.717) is 11.3 Å². The van der Waals surface area contributed by atoms with Crippen LogP contribution in [0.25, 0.3) is 0 Å². The molecule has 120 valence electrons. The summed E-state index contributed by atoms with van der Waals surface area (Å²) in [6, 6.07) is 9.40. The third-order valence-corrected chi connectivity index (χ3v) is 6.43. The summed E-state index contributed by atoms with van der Waals surface area (Å²) < 4.78 is 0. The van der Waals surface area contributed by atoms with Crippen LogP contribution in [0.15, 0.2) is 35.4 Å². The highest BCUT2D eigenvalue weighted by atomic mass is 14.4. The summed E-state index contributed by atoms with van der Waals surface area (Å²) in [5, 5.41) is 0. The fourth-order valence-corrected chi connectivity index (χ4v) is 4.70. The van der Waals surface area contributed by atoms with Crippen LogP contribution in [-0.4, -0.2) is 0 Å². The van der Waals surface area contributed by atoms with Gasteiger partial charge in [0.2, 0.25) is 0 Å². The van der Waals surface area contributed by atoms with Crippen LogP contribution in [0.2, 0.25) is 0 Å². The van der Waals surface area contributed by atoms with E-state index in [1.807, 2.05) is 11.1 Å². The first-order valence-corrected chi connectivity index (χ1v) is 9.31. The lowest BCUT2D eigenvalue weighted by molar-refractivity contribution is 0.287. The van der Waals surface area contributed by atoms with E-state index in [1.54, 1.807) is 5.56 Å². The maximum atomic E-state index is 2.48. The van der Waals surface area contributed by atoms with Crippen LogP contribution < -0.4 is 0 Å². The Labute approximate surface area is 137 Å². The molecule has 0 amide bonds. The van der Waals surface area contributed by atoms with Crippen molar-refractivity contribution in [2.75, 3.05) is 0 Å². The summed E-state index contributed by atoms with van der Waals surface area (Å²) in [6.07, 6.45) is 9.42. The van der Waals surface area contributed by atoms with Crippen LogP contribution in [0.5, 0.6) is 0 Å². The smallest absolute Gasteiger partial charge is 0.0142 e. The van der Waals surface area contributed by atoms with Gasteiger partial charge in [-0.25, -0.2) is 0 Å². The highest BCUT2D eigenvalue weighted by Crippen LogP contribution is 2.50. The minimum atomic E-state index is 0.456. The van der Waals surface area contributed by atoms with Crippen molar-refractivity contribution >= 4 is 0 Å². The zero-order chi connectivity index (χ0) is 15.7. The molecule has 1 aromatic carbocycles. The van der Waals surface area contributed by atoms with Crippen LogP contribution in [-0.2, 0) is 6.42 Å². The number of rotatable bonds is 3. The summed E-state index contributed by atoms with van der Waals surface area (Å²) in [5.41, 5.74) is 7.10. The molecule has 2 aliphatic carbocycles. The summed E-state index contributed by atoms with van der Waals surface area (Å²) >= 11 is 0. The molecule has 0 fully saturated rings. The quantitative estimate of drug-likeness (QED) is 0.547. The minimum absolute atomic E-state index is 0.456. The zero-order valence-corrected chi connectivity index (χ0v) is 14.9. The van der Waals surface area contributed by atoms with Gasteiger partial charge in [0, 0.05) is 0 Å². The van der Waals surface area contributed by atoms with Crippen molar-refractivity contribution in [2.45, 2.75) is 78.6 Å². The fourth-order valence-electron chi connectivity index (χ4n) is 4.70. The maximum Gasteiger partial charge on any atom is -0.0142 e. The van der Waals surface area contributed by atoms with E-state index in [4.69, 9.17) is 0 Å². The van der Waals surface area contributed by atoms with Crippen molar-refractivity contribution in [1.82, 2.24) is 0 Å². The van der Waals surface area contributed by atoms with E-state index < -0.39 is 0 Å². The van der Waals surface area contributed by atoms with Gasteiger partial charge >= 0.3 is 0 Å². The molecule has 2 aliphatic rings. The van der Waals surface area contributed by atoms with Gasteiger partial charge in [0.15, 0.2) is 0 Å². The van der Waals surface area contributed by atoms with Crippen LogP contribution in [0.1, 0.15) is 83.3 Å². The van der Waals surface area contributed by atoms with Crippen molar-refractivity contribution in [3.8, 4) is 0 Å². The van der Waals surface area contributed by atoms with Crippen LogP contribution >= 0.6 is 0 Å². The second-order valence-corrected chi connectivity index (χ2v) is 8.21. The monoisotopic (exact) mass is 296 g/mol. The predicted octanol–water partition coefficient (Wildman–Crippen LogP) is 6.66. The predicted molar refractivity (Wildman–Crippen MR) is 96.2 cm³/mol. The van der Waals surface area contributed by atoms with Crippen LogP contribution in [0.4, 0.5) is 0 Å². The fraction of sp³-hybridized carbons (Fsp3) is 0.636. The Bertz CT molecular complexity index is 544. The van der Waals surface area contributed by atoms with Gasteiger partial charge in [-0.3, -0.25) is 0 Å². The Balaban J connectivity index is 1.77. The number of allylic oxidation sites excluding steroid dienone is 2. The molecule has 0 saturated carbocycles. The Morgan fingerprint density at radius 2 is 1.86 bits per heavy atom. The van der Waals surface area contributed by atoms with Crippen molar-refractivity contribution in [1.29, 1.82) is 0 Å². The molecule has 2 atom stereocenters. The molecule has 0 heterocycles. The normalized spacial score (nSPS) is 25.7. The van der Waals surface area contributed by atoms with Crippen LogP contribution in [0, 0.1) is 11.3 Å². The summed E-state index contributed by atoms with van der Waals surface area (Å²) in [5.74, 6) is 1.53. The second kappa shape index (κ2) is 6.22. The zero-order valence-electron chi connectivity index (χ0n) is 14.9.